The van der Waals surface area contributed by atoms with E-state index in [9.17, 15) is 18.4 Å². The Hall–Kier alpha value is -2.68. The molecule has 1 unspecified atom stereocenters. The van der Waals surface area contributed by atoms with E-state index in [0.29, 0.717) is 22.9 Å². The quantitative estimate of drug-likeness (QED) is 0.548. The third-order valence-corrected chi connectivity index (χ3v) is 7.06. The summed E-state index contributed by atoms with van der Waals surface area (Å²) >= 11 is 0. The van der Waals surface area contributed by atoms with Crippen molar-refractivity contribution >= 4 is 16.6 Å². The number of hydrogen-bond acceptors (Lipinski definition) is 2. The van der Waals surface area contributed by atoms with Crippen LogP contribution >= 0.6 is 0 Å². The van der Waals surface area contributed by atoms with Gasteiger partial charge in [-0.1, -0.05) is 37.1 Å². The number of fused-ring (bicyclic) bond motifs is 1. The molecule has 5 rings (SSSR count). The van der Waals surface area contributed by atoms with E-state index in [1.165, 1.54) is 30.2 Å². The topological polar surface area (TPSA) is 32.0 Å². The third-order valence-electron chi connectivity index (χ3n) is 7.06. The molecule has 1 aromatic heterocycles. The van der Waals surface area contributed by atoms with Crippen molar-refractivity contribution in [3.05, 3.63) is 53.2 Å². The number of hydrogen-bond donors (Lipinski definition) is 0. The van der Waals surface area contributed by atoms with Gasteiger partial charge in [0, 0.05) is 18.0 Å². The van der Waals surface area contributed by atoms with Gasteiger partial charge in [0.05, 0.1) is 22.5 Å². The smallest absolute Gasteiger partial charge is 0.354 e. The van der Waals surface area contributed by atoms with Gasteiger partial charge in [0.15, 0.2) is 0 Å². The average Bonchev–Trinajstić information content (AvgIpc) is 3.37. The van der Waals surface area contributed by atoms with E-state index < -0.39 is 12.2 Å². The lowest BCUT2D eigenvalue weighted by atomic mass is 10.0. The van der Waals surface area contributed by atoms with Gasteiger partial charge in [0.1, 0.15) is 12.1 Å². The van der Waals surface area contributed by atoms with Crippen LogP contribution in [-0.4, -0.2) is 28.2 Å². The molecule has 6 heteroatoms. The van der Waals surface area contributed by atoms with Crippen LogP contribution in [0.5, 0.6) is 0 Å². The minimum atomic E-state index is -4.35. The van der Waals surface area contributed by atoms with Gasteiger partial charge in [-0.2, -0.15) is 18.4 Å². The third kappa shape index (κ3) is 3.44. The molecule has 3 nitrogen and oxygen atoms in total. The summed E-state index contributed by atoms with van der Waals surface area (Å²) in [7, 11) is 0. The Balaban J connectivity index is 1.75. The molecule has 1 aliphatic heterocycles. The predicted molar refractivity (Wildman–Crippen MR) is 115 cm³/mol. The number of halogens is 3. The van der Waals surface area contributed by atoms with Gasteiger partial charge in [0.2, 0.25) is 0 Å². The second kappa shape index (κ2) is 7.47. The van der Waals surface area contributed by atoms with E-state index >= 15 is 0 Å². The molecule has 2 heterocycles. The highest BCUT2D eigenvalue weighted by atomic mass is 19.4. The summed E-state index contributed by atoms with van der Waals surface area (Å²) < 4.78 is 43.3. The van der Waals surface area contributed by atoms with E-state index in [1.807, 2.05) is 12.1 Å². The number of nitriles is 1. The van der Waals surface area contributed by atoms with E-state index in [4.69, 9.17) is 0 Å². The highest BCUT2D eigenvalue weighted by molar-refractivity contribution is 5.93. The lowest BCUT2D eigenvalue weighted by Gasteiger charge is -2.36. The summed E-state index contributed by atoms with van der Waals surface area (Å²) in [5, 5.41) is 11.0. The zero-order chi connectivity index (χ0) is 21.8. The van der Waals surface area contributed by atoms with Crippen molar-refractivity contribution in [3.63, 3.8) is 0 Å². The van der Waals surface area contributed by atoms with Gasteiger partial charge in [-0.05, 0) is 56.2 Å². The Morgan fingerprint density at radius 1 is 1.13 bits per heavy atom. The van der Waals surface area contributed by atoms with Crippen molar-refractivity contribution in [2.45, 2.75) is 69.6 Å². The Labute approximate surface area is 180 Å². The predicted octanol–water partition coefficient (Wildman–Crippen LogP) is 6.67. The van der Waals surface area contributed by atoms with Gasteiger partial charge < -0.3 is 9.47 Å². The molecule has 0 amide bonds. The maximum atomic E-state index is 13.7. The van der Waals surface area contributed by atoms with Crippen LogP contribution in [0.4, 0.5) is 13.2 Å². The Morgan fingerprint density at radius 2 is 1.87 bits per heavy atom. The summed E-state index contributed by atoms with van der Waals surface area (Å²) in [5.41, 5.74) is 3.92. The fourth-order valence-corrected chi connectivity index (χ4v) is 5.19. The first-order chi connectivity index (χ1) is 14.9. The molecule has 2 fully saturated rings. The monoisotopic (exact) mass is 425 g/mol. The van der Waals surface area contributed by atoms with Gasteiger partial charge in [-0.3, -0.25) is 0 Å². The van der Waals surface area contributed by atoms with Crippen LogP contribution < -0.4 is 0 Å². The zero-order valence-corrected chi connectivity index (χ0v) is 17.6. The molecule has 0 bridgehead atoms. The Morgan fingerprint density at radius 3 is 2.52 bits per heavy atom. The van der Waals surface area contributed by atoms with E-state index in [-0.39, 0.29) is 12.6 Å². The minimum absolute atomic E-state index is 0.177. The number of benzene rings is 1. The molecule has 2 saturated carbocycles. The first-order valence-corrected chi connectivity index (χ1v) is 11.2. The highest BCUT2D eigenvalue weighted by Gasteiger charge is 2.42. The number of alkyl halides is 3. The molecule has 0 spiro atoms. The van der Waals surface area contributed by atoms with Crippen molar-refractivity contribution in [1.29, 1.82) is 5.26 Å². The molecule has 2 aliphatic carbocycles. The summed E-state index contributed by atoms with van der Waals surface area (Å²) in [5.74, 6) is 0.573. The SMILES string of the molecule is CC(N1CC=CC=C1c1c(C#N)c2ccc(C3CC3)cc2n1C1CCCC1)C(F)(F)F. The van der Waals surface area contributed by atoms with E-state index in [0.717, 1.165) is 36.6 Å². The molecule has 0 saturated heterocycles. The number of rotatable bonds is 4. The second-order valence-corrected chi connectivity index (χ2v) is 9.04. The fraction of sp³-hybridized carbons (Fsp3) is 0.480. The Kier molecular flexibility index (Phi) is 4.88. The molecule has 1 aromatic carbocycles. The minimum Gasteiger partial charge on any atom is -0.354 e. The van der Waals surface area contributed by atoms with Gasteiger partial charge >= 0.3 is 6.18 Å². The summed E-state index contributed by atoms with van der Waals surface area (Å²) in [6.07, 6.45) is 7.51. The van der Waals surface area contributed by atoms with Crippen molar-refractivity contribution in [1.82, 2.24) is 9.47 Å². The largest absolute Gasteiger partial charge is 0.408 e. The van der Waals surface area contributed by atoms with Crippen LogP contribution in [0.2, 0.25) is 0 Å². The lowest BCUT2D eigenvalue weighted by Crippen LogP contribution is -2.43. The van der Waals surface area contributed by atoms with E-state index in [1.54, 1.807) is 12.2 Å². The maximum Gasteiger partial charge on any atom is 0.408 e. The number of allylic oxidation sites excluding steroid dienone is 2. The molecular weight excluding hydrogens is 399 g/mol. The second-order valence-electron chi connectivity index (χ2n) is 9.04. The molecule has 3 aliphatic rings. The van der Waals surface area contributed by atoms with Crippen LogP contribution in [0.1, 0.15) is 74.2 Å². The first-order valence-electron chi connectivity index (χ1n) is 11.2. The fourth-order valence-electron chi connectivity index (χ4n) is 5.19. The van der Waals surface area contributed by atoms with Crippen molar-refractivity contribution in [2.24, 2.45) is 0 Å². The van der Waals surface area contributed by atoms with Crippen LogP contribution in [0, 0.1) is 11.3 Å². The van der Waals surface area contributed by atoms with Gasteiger partial charge in [-0.25, -0.2) is 0 Å². The lowest BCUT2D eigenvalue weighted by molar-refractivity contribution is -0.169. The molecule has 1 atom stereocenters. The summed E-state index contributed by atoms with van der Waals surface area (Å²) in [6, 6.07) is 7.21. The average molecular weight is 425 g/mol. The molecule has 31 heavy (non-hydrogen) atoms. The van der Waals surface area contributed by atoms with Crippen LogP contribution in [0.3, 0.4) is 0 Å². The van der Waals surface area contributed by atoms with Crippen molar-refractivity contribution in [2.75, 3.05) is 6.54 Å². The molecule has 162 valence electrons. The number of aromatic nitrogens is 1. The molecule has 0 radical (unpaired) electrons. The normalized spacial score (nSPS) is 20.9. The van der Waals surface area contributed by atoms with Crippen LogP contribution in [0.15, 0.2) is 36.4 Å². The van der Waals surface area contributed by atoms with Crippen LogP contribution in [-0.2, 0) is 0 Å². The van der Waals surface area contributed by atoms with Crippen LogP contribution in [0.25, 0.3) is 16.6 Å². The van der Waals surface area contributed by atoms with E-state index in [2.05, 4.69) is 22.8 Å². The van der Waals surface area contributed by atoms with Gasteiger partial charge in [-0.15, -0.1) is 0 Å². The molecular formula is C25H26F3N3. The zero-order valence-electron chi connectivity index (χ0n) is 17.6. The summed E-state index contributed by atoms with van der Waals surface area (Å²) in [6.45, 7) is 1.38. The van der Waals surface area contributed by atoms with Gasteiger partial charge in [0.25, 0.3) is 0 Å². The first kappa shape index (κ1) is 20.2. The Bertz CT molecular complexity index is 1110. The van der Waals surface area contributed by atoms with Crippen molar-refractivity contribution in [3.8, 4) is 6.07 Å². The summed E-state index contributed by atoms with van der Waals surface area (Å²) in [4.78, 5) is 1.39. The maximum absolute atomic E-state index is 13.7. The highest BCUT2D eigenvalue weighted by Crippen LogP contribution is 2.45. The molecule has 0 N–H and O–H groups in total. The molecule has 2 aromatic rings. The number of nitrogens with zero attached hydrogens (tertiary/aromatic N) is 3. The standard InChI is InChI=1S/C25H26F3N3/c1-16(25(26,27)28)30-13-5-4-8-22(30)24-21(15-29)20-12-11-18(17-9-10-17)14-23(20)31(24)19-6-2-3-7-19/h4-5,8,11-12,14,16-17,19H,2-3,6-7,9-10,13H2,1H3. The van der Waals surface area contributed by atoms with Crippen molar-refractivity contribution < 1.29 is 13.2 Å².